The fraction of sp³-hybridized carbons (Fsp3) is 0.429. The van der Waals surface area contributed by atoms with Crippen molar-refractivity contribution in [3.63, 3.8) is 0 Å². The highest BCUT2D eigenvalue weighted by Crippen LogP contribution is 2.27. The van der Waals surface area contributed by atoms with Gasteiger partial charge in [0.1, 0.15) is 0 Å². The summed E-state index contributed by atoms with van der Waals surface area (Å²) in [4.78, 5) is 4.44. The van der Waals surface area contributed by atoms with Crippen LogP contribution in [0, 0.1) is 5.92 Å². The van der Waals surface area contributed by atoms with Gasteiger partial charge in [-0.25, -0.2) is 0 Å². The van der Waals surface area contributed by atoms with E-state index in [1.165, 1.54) is 0 Å². The molecule has 1 aromatic heterocycles. The van der Waals surface area contributed by atoms with Crippen LogP contribution >= 0.6 is 27.5 Å². The van der Waals surface area contributed by atoms with E-state index < -0.39 is 0 Å². The van der Waals surface area contributed by atoms with Crippen LogP contribution in [0.4, 0.5) is 0 Å². The number of benzene rings is 1. The first-order valence-corrected chi connectivity index (χ1v) is 7.63. The Bertz CT molecular complexity index is 586. The SMILES string of the molecule is CNC(Cc1nc(-c2ccc(Cl)c(Br)c2)no1)C(C)C. The monoisotopic (exact) mass is 357 g/mol. The maximum atomic E-state index is 5.98. The standard InChI is InChI=1S/C14H17BrClN3O/c1-8(2)12(17-3)7-13-18-14(19-20-13)9-4-5-11(16)10(15)6-9/h4-6,8,12,17H,7H2,1-3H3. The van der Waals surface area contributed by atoms with Gasteiger partial charge in [0.2, 0.25) is 11.7 Å². The quantitative estimate of drug-likeness (QED) is 0.879. The molecule has 20 heavy (non-hydrogen) atoms. The lowest BCUT2D eigenvalue weighted by Crippen LogP contribution is -2.32. The summed E-state index contributed by atoms with van der Waals surface area (Å²) in [6.07, 6.45) is 0.718. The third-order valence-corrected chi connectivity index (χ3v) is 4.43. The van der Waals surface area contributed by atoms with Crippen LogP contribution in [0.2, 0.25) is 5.02 Å². The Morgan fingerprint density at radius 3 is 2.75 bits per heavy atom. The molecule has 108 valence electrons. The highest BCUT2D eigenvalue weighted by atomic mass is 79.9. The van der Waals surface area contributed by atoms with Gasteiger partial charge in [-0.1, -0.05) is 30.6 Å². The highest BCUT2D eigenvalue weighted by molar-refractivity contribution is 9.10. The average Bonchev–Trinajstić information content (AvgIpc) is 2.87. The molecule has 1 heterocycles. The molecule has 0 amide bonds. The molecule has 4 nitrogen and oxygen atoms in total. The Labute approximate surface area is 132 Å². The van der Waals surface area contributed by atoms with E-state index in [4.69, 9.17) is 16.1 Å². The second-order valence-electron chi connectivity index (χ2n) is 4.98. The fourth-order valence-corrected chi connectivity index (χ4v) is 2.45. The second kappa shape index (κ2) is 6.70. The van der Waals surface area contributed by atoms with Gasteiger partial charge in [-0.3, -0.25) is 0 Å². The number of hydrogen-bond acceptors (Lipinski definition) is 4. The molecule has 1 aromatic carbocycles. The highest BCUT2D eigenvalue weighted by Gasteiger charge is 2.17. The van der Waals surface area contributed by atoms with Gasteiger partial charge < -0.3 is 9.84 Å². The van der Waals surface area contributed by atoms with E-state index in [0.717, 1.165) is 16.5 Å². The number of rotatable bonds is 5. The zero-order valence-electron chi connectivity index (χ0n) is 11.7. The number of aromatic nitrogens is 2. The summed E-state index contributed by atoms with van der Waals surface area (Å²) in [7, 11) is 1.94. The number of nitrogens with zero attached hydrogens (tertiary/aromatic N) is 2. The van der Waals surface area contributed by atoms with Crippen LogP contribution in [0.3, 0.4) is 0 Å². The number of halogens is 2. The molecule has 1 unspecified atom stereocenters. The van der Waals surface area contributed by atoms with Crippen molar-refractivity contribution in [1.29, 1.82) is 0 Å². The molecule has 0 spiro atoms. The van der Waals surface area contributed by atoms with Crippen molar-refractivity contribution in [2.24, 2.45) is 5.92 Å². The summed E-state index contributed by atoms with van der Waals surface area (Å²) < 4.78 is 6.14. The first-order chi connectivity index (χ1) is 9.51. The third-order valence-electron chi connectivity index (χ3n) is 3.22. The minimum atomic E-state index is 0.320. The zero-order chi connectivity index (χ0) is 14.7. The van der Waals surface area contributed by atoms with Crippen LogP contribution < -0.4 is 5.32 Å². The lowest BCUT2D eigenvalue weighted by Gasteiger charge is -2.17. The van der Waals surface area contributed by atoms with Crippen LogP contribution in [-0.2, 0) is 6.42 Å². The maximum absolute atomic E-state index is 5.98. The van der Waals surface area contributed by atoms with Crippen molar-refractivity contribution in [2.75, 3.05) is 7.05 Å². The molecular formula is C14H17BrClN3O. The molecule has 1 N–H and O–H groups in total. The molecule has 0 bridgehead atoms. The van der Waals surface area contributed by atoms with Gasteiger partial charge in [-0.15, -0.1) is 0 Å². The van der Waals surface area contributed by atoms with Crippen LogP contribution in [-0.4, -0.2) is 23.2 Å². The number of nitrogens with one attached hydrogen (secondary N) is 1. The van der Waals surface area contributed by atoms with Gasteiger partial charge in [0.15, 0.2) is 0 Å². The predicted octanol–water partition coefficient (Wildman–Crippen LogP) is 3.94. The third kappa shape index (κ3) is 3.59. The van der Waals surface area contributed by atoms with Crippen molar-refractivity contribution in [1.82, 2.24) is 15.5 Å². The van der Waals surface area contributed by atoms with Crippen molar-refractivity contribution < 1.29 is 4.52 Å². The summed E-state index contributed by atoms with van der Waals surface area (Å²) in [5.74, 6) is 1.72. The number of likely N-dealkylation sites (N-methyl/N-ethyl adjacent to an activating group) is 1. The molecule has 0 fully saturated rings. The van der Waals surface area contributed by atoms with E-state index in [-0.39, 0.29) is 0 Å². The van der Waals surface area contributed by atoms with E-state index in [1.54, 1.807) is 0 Å². The van der Waals surface area contributed by atoms with Crippen molar-refractivity contribution in [3.8, 4) is 11.4 Å². The van der Waals surface area contributed by atoms with Crippen molar-refractivity contribution >= 4 is 27.5 Å². The van der Waals surface area contributed by atoms with Crippen molar-refractivity contribution in [3.05, 3.63) is 33.6 Å². The van der Waals surface area contributed by atoms with Crippen LogP contribution in [0.5, 0.6) is 0 Å². The lowest BCUT2D eigenvalue weighted by atomic mass is 10.0. The van der Waals surface area contributed by atoms with E-state index in [1.807, 2.05) is 25.2 Å². The Balaban J connectivity index is 2.18. The predicted molar refractivity (Wildman–Crippen MR) is 83.8 cm³/mol. The Morgan fingerprint density at radius 2 is 2.15 bits per heavy atom. The molecule has 6 heteroatoms. The topological polar surface area (TPSA) is 51.0 Å². The molecule has 0 saturated carbocycles. The van der Waals surface area contributed by atoms with Crippen LogP contribution in [0.15, 0.2) is 27.2 Å². The van der Waals surface area contributed by atoms with Crippen molar-refractivity contribution in [2.45, 2.75) is 26.3 Å². The molecule has 0 aliphatic carbocycles. The average molecular weight is 359 g/mol. The van der Waals surface area contributed by atoms with Crippen LogP contribution in [0.1, 0.15) is 19.7 Å². The maximum Gasteiger partial charge on any atom is 0.228 e. The Morgan fingerprint density at radius 1 is 1.40 bits per heavy atom. The van der Waals surface area contributed by atoms with E-state index >= 15 is 0 Å². The first kappa shape index (κ1) is 15.5. The summed E-state index contributed by atoms with van der Waals surface area (Å²) in [6, 6.07) is 5.89. The lowest BCUT2D eigenvalue weighted by molar-refractivity contribution is 0.335. The minimum Gasteiger partial charge on any atom is -0.339 e. The summed E-state index contributed by atoms with van der Waals surface area (Å²) in [6.45, 7) is 4.32. The molecule has 2 aromatic rings. The van der Waals surface area contributed by atoms with E-state index in [0.29, 0.717) is 28.7 Å². The molecule has 0 saturated heterocycles. The minimum absolute atomic E-state index is 0.320. The van der Waals surface area contributed by atoms with Gasteiger partial charge in [0, 0.05) is 22.5 Å². The Kier molecular flexibility index (Phi) is 5.18. The molecular weight excluding hydrogens is 342 g/mol. The molecule has 0 aliphatic rings. The summed E-state index contributed by atoms with van der Waals surface area (Å²) in [5.41, 5.74) is 0.877. The molecule has 2 rings (SSSR count). The van der Waals surface area contributed by atoms with Gasteiger partial charge in [0.05, 0.1) is 5.02 Å². The molecule has 0 aliphatic heterocycles. The van der Waals surface area contributed by atoms with Gasteiger partial charge in [0.25, 0.3) is 0 Å². The smallest absolute Gasteiger partial charge is 0.228 e. The fourth-order valence-electron chi connectivity index (χ4n) is 1.95. The van der Waals surface area contributed by atoms with E-state index in [9.17, 15) is 0 Å². The zero-order valence-corrected chi connectivity index (χ0v) is 14.0. The Hall–Kier alpha value is -0.910. The normalized spacial score (nSPS) is 12.9. The first-order valence-electron chi connectivity index (χ1n) is 6.46. The summed E-state index contributed by atoms with van der Waals surface area (Å²) in [5, 5.41) is 7.95. The number of hydrogen-bond donors (Lipinski definition) is 1. The van der Waals surface area contributed by atoms with Crippen LogP contribution in [0.25, 0.3) is 11.4 Å². The molecule has 0 radical (unpaired) electrons. The van der Waals surface area contributed by atoms with Gasteiger partial charge in [-0.2, -0.15) is 4.98 Å². The van der Waals surface area contributed by atoms with E-state index in [2.05, 4.69) is 45.2 Å². The second-order valence-corrected chi connectivity index (χ2v) is 6.25. The summed E-state index contributed by atoms with van der Waals surface area (Å²) >= 11 is 9.37. The largest absolute Gasteiger partial charge is 0.339 e. The van der Waals surface area contributed by atoms with Gasteiger partial charge >= 0.3 is 0 Å². The molecule has 1 atom stereocenters. The van der Waals surface area contributed by atoms with Gasteiger partial charge in [-0.05, 0) is 47.1 Å².